The van der Waals surface area contributed by atoms with E-state index in [1.165, 1.54) is 0 Å². The van der Waals surface area contributed by atoms with Crippen LogP contribution in [0.25, 0.3) is 0 Å². The van der Waals surface area contributed by atoms with Crippen LogP contribution in [0.2, 0.25) is 0 Å². The Balaban J connectivity index is 1.29. The Labute approximate surface area is 143 Å². The number of hydrogen-bond donors (Lipinski definition) is 1. The van der Waals surface area contributed by atoms with Gasteiger partial charge in [-0.1, -0.05) is 18.2 Å². The molecule has 2 aliphatic heterocycles. The Morgan fingerprint density at radius 2 is 1.92 bits per heavy atom. The highest BCUT2D eigenvalue weighted by molar-refractivity contribution is 5.77. The van der Waals surface area contributed by atoms with Crippen molar-refractivity contribution >= 4 is 5.91 Å². The van der Waals surface area contributed by atoms with E-state index in [9.17, 15) is 4.79 Å². The van der Waals surface area contributed by atoms with Gasteiger partial charge in [-0.15, -0.1) is 0 Å². The van der Waals surface area contributed by atoms with Crippen molar-refractivity contribution in [2.45, 2.75) is 12.5 Å². The molecule has 6 heteroatoms. The second-order valence-corrected chi connectivity index (χ2v) is 6.28. The Morgan fingerprint density at radius 1 is 1.12 bits per heavy atom. The molecule has 1 aromatic rings. The van der Waals surface area contributed by atoms with Crippen LogP contribution in [0.5, 0.6) is 5.75 Å². The Bertz CT molecular complexity index is 505. The first-order chi connectivity index (χ1) is 11.8. The highest BCUT2D eigenvalue weighted by atomic mass is 16.5. The smallest absolute Gasteiger partial charge is 0.248 e. The van der Waals surface area contributed by atoms with Crippen LogP contribution in [0.4, 0.5) is 0 Å². The summed E-state index contributed by atoms with van der Waals surface area (Å²) in [6.45, 7) is 6.98. The van der Waals surface area contributed by atoms with Gasteiger partial charge < -0.3 is 19.7 Å². The summed E-state index contributed by atoms with van der Waals surface area (Å²) in [5, 5.41) is 3.37. The Kier molecular flexibility index (Phi) is 6.46. The van der Waals surface area contributed by atoms with E-state index in [1.54, 1.807) is 0 Å². The number of carbonyl (C=O) groups is 1. The average Bonchev–Trinajstić information content (AvgIpc) is 3.13. The van der Waals surface area contributed by atoms with Crippen molar-refractivity contribution in [1.29, 1.82) is 0 Å². The number of benzene rings is 1. The maximum Gasteiger partial charge on any atom is 0.248 e. The van der Waals surface area contributed by atoms with Gasteiger partial charge in [0.05, 0.1) is 6.61 Å². The monoisotopic (exact) mass is 333 g/mol. The topological polar surface area (TPSA) is 54.0 Å². The quantitative estimate of drug-likeness (QED) is 0.740. The number of piperazine rings is 1. The summed E-state index contributed by atoms with van der Waals surface area (Å²) in [5.41, 5.74) is 0. The lowest BCUT2D eigenvalue weighted by Gasteiger charge is -2.32. The van der Waals surface area contributed by atoms with Crippen LogP contribution in [0, 0.1) is 0 Å². The summed E-state index contributed by atoms with van der Waals surface area (Å²) in [6.07, 6.45) is 1.07. The van der Waals surface area contributed by atoms with E-state index in [2.05, 4.69) is 10.2 Å². The van der Waals surface area contributed by atoms with Gasteiger partial charge in [-0.05, 0) is 18.6 Å². The molecule has 1 N–H and O–H groups in total. The summed E-state index contributed by atoms with van der Waals surface area (Å²) in [6, 6.07) is 10.1. The molecular formula is C18H27N3O3. The van der Waals surface area contributed by atoms with Gasteiger partial charge in [0.15, 0.2) is 0 Å². The van der Waals surface area contributed by atoms with Crippen LogP contribution >= 0.6 is 0 Å². The minimum absolute atomic E-state index is 0.0901. The second-order valence-electron chi connectivity index (χ2n) is 6.28. The molecule has 24 heavy (non-hydrogen) atoms. The third-order valence-electron chi connectivity index (χ3n) is 4.65. The number of likely N-dealkylation sites (tertiary alicyclic amines) is 1. The molecule has 132 valence electrons. The number of carbonyl (C=O) groups excluding carboxylic acids is 1. The summed E-state index contributed by atoms with van der Waals surface area (Å²) >= 11 is 0. The van der Waals surface area contributed by atoms with Gasteiger partial charge >= 0.3 is 0 Å². The molecule has 1 unspecified atom stereocenters. The predicted molar refractivity (Wildman–Crippen MR) is 92.2 cm³/mol. The van der Waals surface area contributed by atoms with Crippen molar-refractivity contribution in [3.05, 3.63) is 30.3 Å². The van der Waals surface area contributed by atoms with Crippen molar-refractivity contribution in [2.75, 3.05) is 59.1 Å². The first kappa shape index (κ1) is 17.2. The number of para-hydroxylation sites is 1. The van der Waals surface area contributed by atoms with Crippen molar-refractivity contribution < 1.29 is 14.3 Å². The Morgan fingerprint density at radius 3 is 2.71 bits per heavy atom. The molecule has 3 rings (SSSR count). The zero-order chi connectivity index (χ0) is 16.6. The molecule has 0 saturated carbocycles. The van der Waals surface area contributed by atoms with Gasteiger partial charge in [-0.3, -0.25) is 9.69 Å². The largest absolute Gasteiger partial charge is 0.491 e. The van der Waals surface area contributed by atoms with Crippen LogP contribution in [-0.2, 0) is 9.53 Å². The molecule has 0 aromatic heterocycles. The van der Waals surface area contributed by atoms with Crippen LogP contribution < -0.4 is 10.1 Å². The van der Waals surface area contributed by atoms with E-state index in [4.69, 9.17) is 9.47 Å². The summed E-state index contributed by atoms with van der Waals surface area (Å²) < 4.78 is 11.0. The SMILES string of the molecule is O=C(COCCOc1ccccc1)N1CCC(N2CCNCC2)C1. The summed E-state index contributed by atoms with van der Waals surface area (Å²) in [7, 11) is 0. The molecule has 1 amide bonds. The van der Waals surface area contributed by atoms with E-state index in [1.807, 2.05) is 35.2 Å². The maximum absolute atomic E-state index is 12.2. The molecule has 2 heterocycles. The first-order valence-corrected chi connectivity index (χ1v) is 8.81. The minimum atomic E-state index is 0.0901. The number of amides is 1. The van der Waals surface area contributed by atoms with Crippen LogP contribution in [-0.4, -0.2) is 80.8 Å². The zero-order valence-electron chi connectivity index (χ0n) is 14.2. The van der Waals surface area contributed by atoms with Crippen molar-refractivity contribution in [3.8, 4) is 5.75 Å². The van der Waals surface area contributed by atoms with E-state index in [-0.39, 0.29) is 12.5 Å². The third-order valence-corrected chi connectivity index (χ3v) is 4.65. The molecule has 2 aliphatic rings. The molecule has 1 aromatic carbocycles. The first-order valence-electron chi connectivity index (χ1n) is 8.81. The van der Waals surface area contributed by atoms with Gasteiger partial charge in [0.2, 0.25) is 5.91 Å². The molecular weight excluding hydrogens is 306 g/mol. The van der Waals surface area contributed by atoms with Crippen LogP contribution in [0.3, 0.4) is 0 Å². The zero-order valence-corrected chi connectivity index (χ0v) is 14.2. The van der Waals surface area contributed by atoms with E-state index in [0.717, 1.165) is 51.4 Å². The fraction of sp³-hybridized carbons (Fsp3) is 0.611. The molecule has 0 radical (unpaired) electrons. The third kappa shape index (κ3) is 4.93. The molecule has 2 saturated heterocycles. The van der Waals surface area contributed by atoms with Gasteiger partial charge in [-0.2, -0.15) is 0 Å². The lowest BCUT2D eigenvalue weighted by Crippen LogP contribution is -2.49. The molecule has 6 nitrogen and oxygen atoms in total. The van der Waals surface area contributed by atoms with Crippen LogP contribution in [0.1, 0.15) is 6.42 Å². The number of hydrogen-bond acceptors (Lipinski definition) is 5. The lowest BCUT2D eigenvalue weighted by atomic mass is 10.2. The van der Waals surface area contributed by atoms with E-state index in [0.29, 0.717) is 19.3 Å². The van der Waals surface area contributed by atoms with Gasteiger partial charge in [-0.25, -0.2) is 0 Å². The fourth-order valence-corrected chi connectivity index (χ4v) is 3.30. The Hall–Kier alpha value is -1.63. The average molecular weight is 333 g/mol. The lowest BCUT2D eigenvalue weighted by molar-refractivity contribution is -0.135. The predicted octanol–water partition coefficient (Wildman–Crippen LogP) is 0.588. The molecule has 0 bridgehead atoms. The molecule has 2 fully saturated rings. The van der Waals surface area contributed by atoms with Crippen LogP contribution in [0.15, 0.2) is 30.3 Å². The fourth-order valence-electron chi connectivity index (χ4n) is 3.30. The van der Waals surface area contributed by atoms with E-state index < -0.39 is 0 Å². The van der Waals surface area contributed by atoms with Crippen molar-refractivity contribution in [3.63, 3.8) is 0 Å². The van der Waals surface area contributed by atoms with Gasteiger partial charge in [0, 0.05) is 45.3 Å². The van der Waals surface area contributed by atoms with Gasteiger partial charge in [0.1, 0.15) is 19.0 Å². The number of nitrogens with zero attached hydrogens (tertiary/aromatic N) is 2. The minimum Gasteiger partial charge on any atom is -0.491 e. The molecule has 0 aliphatic carbocycles. The van der Waals surface area contributed by atoms with E-state index >= 15 is 0 Å². The maximum atomic E-state index is 12.2. The van der Waals surface area contributed by atoms with Crippen molar-refractivity contribution in [1.82, 2.24) is 15.1 Å². The highest BCUT2D eigenvalue weighted by Gasteiger charge is 2.30. The number of rotatable bonds is 7. The summed E-state index contributed by atoms with van der Waals surface area (Å²) in [4.78, 5) is 16.7. The number of nitrogens with one attached hydrogen (secondary N) is 1. The normalized spacial score (nSPS) is 21.8. The molecule has 1 atom stereocenters. The summed E-state index contributed by atoms with van der Waals surface area (Å²) in [5.74, 6) is 0.915. The van der Waals surface area contributed by atoms with Crippen molar-refractivity contribution in [2.24, 2.45) is 0 Å². The second kappa shape index (κ2) is 9.01. The number of ether oxygens (including phenoxy) is 2. The van der Waals surface area contributed by atoms with Gasteiger partial charge in [0.25, 0.3) is 0 Å². The highest BCUT2D eigenvalue weighted by Crippen LogP contribution is 2.16. The standard InChI is InChI=1S/C18H27N3O3/c22-18(15-23-12-13-24-17-4-2-1-3-5-17)21-9-6-16(14-21)20-10-7-19-8-11-20/h1-5,16,19H,6-15H2. The molecule has 0 spiro atoms.